The van der Waals surface area contributed by atoms with Gasteiger partial charge in [0.15, 0.2) is 0 Å². The maximum atomic E-state index is 11.8. The normalized spacial score (nSPS) is 12.2. The monoisotopic (exact) mass is 293 g/mol. The number of amides is 1. The third kappa shape index (κ3) is 2.74. The molecule has 0 aliphatic rings. The minimum atomic E-state index is -0.451. The highest BCUT2D eigenvalue weighted by molar-refractivity contribution is 5.85. The lowest BCUT2D eigenvalue weighted by Crippen LogP contribution is -2.23. The van der Waals surface area contributed by atoms with Crippen molar-refractivity contribution in [1.29, 1.82) is 0 Å². The van der Waals surface area contributed by atoms with Crippen LogP contribution in [0.15, 0.2) is 59.7 Å². The number of aromatic amines is 1. The second-order valence-corrected chi connectivity index (χ2v) is 5.15. The van der Waals surface area contributed by atoms with Gasteiger partial charge in [-0.05, 0) is 29.7 Å². The smallest absolute Gasteiger partial charge is 0.258 e. The molecule has 0 spiro atoms. The number of primary amides is 1. The second-order valence-electron chi connectivity index (χ2n) is 5.15. The Morgan fingerprint density at radius 1 is 1.18 bits per heavy atom. The summed E-state index contributed by atoms with van der Waals surface area (Å²) in [6, 6.07) is 14.9. The summed E-state index contributed by atoms with van der Waals surface area (Å²) in [7, 11) is 0. The quantitative estimate of drug-likeness (QED) is 0.767. The largest absolute Gasteiger partial charge is 0.369 e. The van der Waals surface area contributed by atoms with Gasteiger partial charge < -0.3 is 10.7 Å². The number of rotatable bonds is 4. The number of hydrogen-bond donors (Lipinski definition) is 2. The fourth-order valence-electron chi connectivity index (χ4n) is 2.53. The molecule has 0 aliphatic heterocycles. The molecule has 2 aromatic carbocycles. The Morgan fingerprint density at radius 3 is 2.68 bits per heavy atom. The zero-order valence-corrected chi connectivity index (χ0v) is 11.8. The molecule has 1 atom stereocenters. The molecule has 0 aliphatic carbocycles. The van der Waals surface area contributed by atoms with Gasteiger partial charge in [-0.15, -0.1) is 0 Å². The van der Waals surface area contributed by atoms with Crippen LogP contribution in [-0.4, -0.2) is 15.9 Å². The van der Waals surface area contributed by atoms with Gasteiger partial charge in [0.25, 0.3) is 5.56 Å². The molecule has 5 heteroatoms. The van der Waals surface area contributed by atoms with Gasteiger partial charge in [-0.3, -0.25) is 9.59 Å². The van der Waals surface area contributed by atoms with Crippen LogP contribution < -0.4 is 11.3 Å². The summed E-state index contributed by atoms with van der Waals surface area (Å²) in [6.07, 6.45) is 1.87. The summed E-state index contributed by atoms with van der Waals surface area (Å²) in [6.45, 7) is 0. The first-order valence-corrected chi connectivity index (χ1v) is 6.96. The number of H-pyrrole nitrogens is 1. The molecule has 3 N–H and O–H groups in total. The van der Waals surface area contributed by atoms with E-state index in [4.69, 9.17) is 5.73 Å². The van der Waals surface area contributed by atoms with Gasteiger partial charge >= 0.3 is 0 Å². The van der Waals surface area contributed by atoms with E-state index in [0.29, 0.717) is 17.3 Å². The minimum absolute atomic E-state index is 0.199. The Kier molecular flexibility index (Phi) is 3.70. The van der Waals surface area contributed by atoms with Crippen LogP contribution in [0.1, 0.15) is 17.0 Å². The van der Waals surface area contributed by atoms with E-state index >= 15 is 0 Å². The molecule has 3 rings (SSSR count). The Labute approximate surface area is 126 Å². The summed E-state index contributed by atoms with van der Waals surface area (Å²) in [4.78, 5) is 30.2. The number of benzene rings is 2. The van der Waals surface area contributed by atoms with Crippen molar-refractivity contribution in [3.63, 3.8) is 0 Å². The minimum Gasteiger partial charge on any atom is -0.369 e. The Morgan fingerprint density at radius 2 is 1.95 bits per heavy atom. The Bertz CT molecular complexity index is 872. The summed E-state index contributed by atoms with van der Waals surface area (Å²) >= 11 is 0. The van der Waals surface area contributed by atoms with Crippen molar-refractivity contribution >= 4 is 16.8 Å². The lowest BCUT2D eigenvalue weighted by molar-refractivity contribution is -0.119. The number of fused-ring (bicyclic) bond motifs is 1. The number of carbonyl (C=O) groups excluding carboxylic acids is 1. The Hall–Kier alpha value is -2.95. The zero-order valence-electron chi connectivity index (χ0n) is 11.8. The molecule has 0 bridgehead atoms. The van der Waals surface area contributed by atoms with Crippen LogP contribution in [0, 0.1) is 0 Å². The van der Waals surface area contributed by atoms with Crippen LogP contribution in [0.25, 0.3) is 10.9 Å². The van der Waals surface area contributed by atoms with Gasteiger partial charge in [0.05, 0.1) is 23.1 Å². The van der Waals surface area contributed by atoms with Crippen molar-refractivity contribution in [3.8, 4) is 0 Å². The van der Waals surface area contributed by atoms with Crippen LogP contribution in [0.2, 0.25) is 0 Å². The van der Waals surface area contributed by atoms with Crippen LogP contribution in [0.4, 0.5) is 0 Å². The van der Waals surface area contributed by atoms with Crippen LogP contribution in [0.3, 0.4) is 0 Å². The molecule has 0 saturated carbocycles. The average molecular weight is 293 g/mol. The predicted octanol–water partition coefficient (Wildman–Crippen LogP) is 1.73. The number of nitrogens with one attached hydrogen (secondary N) is 1. The van der Waals surface area contributed by atoms with Gasteiger partial charge in [0.2, 0.25) is 5.91 Å². The van der Waals surface area contributed by atoms with Crippen molar-refractivity contribution in [2.75, 3.05) is 0 Å². The van der Waals surface area contributed by atoms with E-state index in [1.165, 1.54) is 6.33 Å². The van der Waals surface area contributed by atoms with Gasteiger partial charge in [-0.1, -0.05) is 36.4 Å². The molecule has 1 aromatic heterocycles. The maximum Gasteiger partial charge on any atom is 0.258 e. The van der Waals surface area contributed by atoms with E-state index in [1.807, 2.05) is 30.3 Å². The number of aromatic nitrogens is 2. The third-order valence-electron chi connectivity index (χ3n) is 3.69. The average Bonchev–Trinajstić information content (AvgIpc) is 2.53. The fraction of sp³-hybridized carbons (Fsp3) is 0.118. The second kappa shape index (κ2) is 5.81. The topological polar surface area (TPSA) is 88.8 Å². The molecule has 0 saturated heterocycles. The zero-order chi connectivity index (χ0) is 15.5. The Balaban J connectivity index is 2.02. The summed E-state index contributed by atoms with van der Waals surface area (Å²) in [5.41, 5.74) is 7.72. The van der Waals surface area contributed by atoms with Gasteiger partial charge in [-0.2, -0.15) is 0 Å². The van der Waals surface area contributed by atoms with E-state index in [-0.39, 0.29) is 5.56 Å². The fourth-order valence-corrected chi connectivity index (χ4v) is 2.53. The first kappa shape index (κ1) is 14.0. The molecule has 1 amide bonds. The SMILES string of the molecule is NC(=O)C(Cc1ccccc1)c1ccc2c(=O)[nH]cnc2c1. The first-order valence-electron chi connectivity index (χ1n) is 6.96. The summed E-state index contributed by atoms with van der Waals surface area (Å²) in [5.74, 6) is -0.846. The van der Waals surface area contributed by atoms with Crippen LogP contribution >= 0.6 is 0 Å². The highest BCUT2D eigenvalue weighted by Gasteiger charge is 2.19. The predicted molar refractivity (Wildman–Crippen MR) is 84.4 cm³/mol. The lowest BCUT2D eigenvalue weighted by atomic mass is 9.91. The molecular formula is C17H15N3O2. The first-order chi connectivity index (χ1) is 10.6. The van der Waals surface area contributed by atoms with E-state index < -0.39 is 11.8 Å². The standard InChI is InChI=1S/C17H15N3O2/c18-16(21)14(8-11-4-2-1-3-5-11)12-6-7-13-15(9-12)19-10-20-17(13)22/h1-7,9-10,14H,8H2,(H2,18,21)(H,19,20,22). The van der Waals surface area contributed by atoms with Crippen molar-refractivity contribution < 1.29 is 4.79 Å². The van der Waals surface area contributed by atoms with Crippen molar-refractivity contribution in [2.24, 2.45) is 5.73 Å². The van der Waals surface area contributed by atoms with Crippen molar-refractivity contribution in [1.82, 2.24) is 9.97 Å². The molecule has 1 heterocycles. The highest BCUT2D eigenvalue weighted by atomic mass is 16.1. The van der Waals surface area contributed by atoms with Gasteiger partial charge in [0.1, 0.15) is 0 Å². The third-order valence-corrected chi connectivity index (χ3v) is 3.69. The van der Waals surface area contributed by atoms with E-state index in [0.717, 1.165) is 11.1 Å². The lowest BCUT2D eigenvalue weighted by Gasteiger charge is -2.14. The van der Waals surface area contributed by atoms with E-state index in [2.05, 4.69) is 9.97 Å². The van der Waals surface area contributed by atoms with Crippen molar-refractivity contribution in [2.45, 2.75) is 12.3 Å². The van der Waals surface area contributed by atoms with Crippen LogP contribution in [-0.2, 0) is 11.2 Å². The molecule has 0 radical (unpaired) electrons. The molecule has 1 unspecified atom stereocenters. The van der Waals surface area contributed by atoms with Gasteiger partial charge in [-0.25, -0.2) is 4.98 Å². The molecule has 5 nitrogen and oxygen atoms in total. The molecule has 3 aromatic rings. The van der Waals surface area contributed by atoms with Crippen molar-refractivity contribution in [3.05, 3.63) is 76.3 Å². The number of hydrogen-bond acceptors (Lipinski definition) is 3. The number of nitrogens with zero attached hydrogens (tertiary/aromatic N) is 1. The van der Waals surface area contributed by atoms with E-state index in [1.54, 1.807) is 18.2 Å². The number of nitrogens with two attached hydrogens (primary N) is 1. The maximum absolute atomic E-state index is 11.8. The summed E-state index contributed by atoms with van der Waals surface area (Å²) in [5, 5.41) is 0.495. The van der Waals surface area contributed by atoms with Crippen LogP contribution in [0.5, 0.6) is 0 Å². The number of carbonyl (C=O) groups is 1. The molecular weight excluding hydrogens is 278 g/mol. The summed E-state index contributed by atoms with van der Waals surface area (Å²) < 4.78 is 0. The highest BCUT2D eigenvalue weighted by Crippen LogP contribution is 2.23. The molecule has 0 fully saturated rings. The van der Waals surface area contributed by atoms with E-state index in [9.17, 15) is 9.59 Å². The molecule has 110 valence electrons. The molecule has 22 heavy (non-hydrogen) atoms. The van der Waals surface area contributed by atoms with Gasteiger partial charge in [0, 0.05) is 0 Å².